The molecule has 1 unspecified atom stereocenters. The van der Waals surface area contributed by atoms with Crippen LogP contribution in [0.2, 0.25) is 0 Å². The van der Waals surface area contributed by atoms with Gasteiger partial charge in [0.15, 0.2) is 0 Å². The van der Waals surface area contributed by atoms with E-state index in [2.05, 4.69) is 41.4 Å². The van der Waals surface area contributed by atoms with Crippen LogP contribution >= 0.6 is 0 Å². The van der Waals surface area contributed by atoms with Crippen molar-refractivity contribution in [1.29, 1.82) is 0 Å². The predicted molar refractivity (Wildman–Crippen MR) is 74.0 cm³/mol. The molecule has 1 atom stereocenters. The molecule has 0 amide bonds. The first-order chi connectivity index (χ1) is 8.22. The summed E-state index contributed by atoms with van der Waals surface area (Å²) in [6, 6.07) is 8.83. The summed E-state index contributed by atoms with van der Waals surface area (Å²) in [6.07, 6.45) is 0. The highest BCUT2D eigenvalue weighted by atomic mass is 32.2. The number of para-hydroxylation sites is 1. The Bertz CT molecular complexity index is 398. The van der Waals surface area contributed by atoms with E-state index in [4.69, 9.17) is 0 Å². The van der Waals surface area contributed by atoms with Gasteiger partial charge in [0, 0.05) is 47.1 Å². The maximum absolute atomic E-state index is 11.4. The predicted octanol–water partition coefficient (Wildman–Crippen LogP) is 1.54. The second kappa shape index (κ2) is 5.65. The van der Waals surface area contributed by atoms with E-state index in [1.807, 2.05) is 7.05 Å². The fraction of sp³-hybridized carbons (Fsp3) is 0.538. The van der Waals surface area contributed by atoms with E-state index < -0.39 is 10.8 Å². The highest BCUT2D eigenvalue weighted by molar-refractivity contribution is 7.85. The van der Waals surface area contributed by atoms with Gasteiger partial charge in [0.2, 0.25) is 0 Å². The molecule has 0 saturated carbocycles. The summed E-state index contributed by atoms with van der Waals surface area (Å²) in [7, 11) is 1.37. The monoisotopic (exact) mass is 252 g/mol. The summed E-state index contributed by atoms with van der Waals surface area (Å²) >= 11 is 0. The quantitative estimate of drug-likeness (QED) is 0.885. The second-order valence-corrected chi connectivity index (χ2v) is 6.10. The van der Waals surface area contributed by atoms with Gasteiger partial charge in [0.05, 0.1) is 0 Å². The Morgan fingerprint density at radius 2 is 1.94 bits per heavy atom. The number of anilines is 1. The molecule has 1 aliphatic heterocycles. The van der Waals surface area contributed by atoms with Gasteiger partial charge in [0.1, 0.15) is 0 Å². The molecule has 1 saturated heterocycles. The molecular weight excluding hydrogens is 232 g/mol. The number of hydrogen-bond donors (Lipinski definition) is 1. The van der Waals surface area contributed by atoms with E-state index in [0.29, 0.717) is 6.04 Å². The average Bonchev–Trinajstić information content (AvgIpc) is 2.39. The summed E-state index contributed by atoms with van der Waals surface area (Å²) in [4.78, 5) is 2.35. The molecule has 1 fully saturated rings. The third-order valence-electron chi connectivity index (χ3n) is 3.35. The molecule has 17 heavy (non-hydrogen) atoms. The van der Waals surface area contributed by atoms with E-state index in [9.17, 15) is 4.21 Å². The van der Waals surface area contributed by atoms with E-state index in [1.165, 1.54) is 11.3 Å². The number of nitrogens with zero attached hydrogens (tertiary/aromatic N) is 1. The van der Waals surface area contributed by atoms with Crippen LogP contribution in [0.25, 0.3) is 0 Å². The molecule has 1 aromatic rings. The lowest BCUT2D eigenvalue weighted by atomic mass is 10.1. The highest BCUT2D eigenvalue weighted by Gasteiger charge is 2.19. The van der Waals surface area contributed by atoms with Gasteiger partial charge in [0.25, 0.3) is 0 Å². The molecule has 0 bridgehead atoms. The lowest BCUT2D eigenvalue weighted by Gasteiger charge is -2.31. The number of nitrogens with one attached hydrogen (secondary N) is 1. The topological polar surface area (TPSA) is 32.3 Å². The fourth-order valence-corrected chi connectivity index (χ4v) is 3.23. The lowest BCUT2D eigenvalue weighted by Crippen LogP contribution is -2.38. The van der Waals surface area contributed by atoms with Crippen molar-refractivity contribution in [3.8, 4) is 0 Å². The molecule has 94 valence electrons. The minimum atomic E-state index is -0.611. The summed E-state index contributed by atoms with van der Waals surface area (Å²) < 4.78 is 11.4. The Balaban J connectivity index is 2.22. The second-order valence-electron chi connectivity index (χ2n) is 4.40. The van der Waals surface area contributed by atoms with Gasteiger partial charge in [-0.05, 0) is 25.6 Å². The maximum Gasteiger partial charge on any atom is 0.0415 e. The first-order valence-corrected chi connectivity index (χ1v) is 7.57. The zero-order valence-corrected chi connectivity index (χ0v) is 11.3. The van der Waals surface area contributed by atoms with Crippen LogP contribution in [0, 0.1) is 0 Å². The van der Waals surface area contributed by atoms with Crippen LogP contribution in [0.5, 0.6) is 0 Å². The average molecular weight is 252 g/mol. The van der Waals surface area contributed by atoms with E-state index in [0.717, 1.165) is 24.6 Å². The molecule has 0 aliphatic carbocycles. The Kier molecular flexibility index (Phi) is 4.18. The minimum absolute atomic E-state index is 0.346. The first kappa shape index (κ1) is 12.6. The Morgan fingerprint density at radius 3 is 2.59 bits per heavy atom. The smallest absolute Gasteiger partial charge is 0.0415 e. The fourth-order valence-electron chi connectivity index (χ4n) is 2.18. The molecule has 0 radical (unpaired) electrons. The summed E-state index contributed by atoms with van der Waals surface area (Å²) in [5, 5.41) is 3.28. The maximum atomic E-state index is 11.4. The summed E-state index contributed by atoms with van der Waals surface area (Å²) in [6.45, 7) is 3.97. The van der Waals surface area contributed by atoms with Crippen molar-refractivity contribution >= 4 is 16.5 Å². The van der Waals surface area contributed by atoms with Crippen molar-refractivity contribution in [2.24, 2.45) is 0 Å². The number of hydrogen-bond acceptors (Lipinski definition) is 3. The normalized spacial score (nSPS) is 19.3. The number of benzene rings is 1. The SMILES string of the molecule is CNC(C)c1ccccc1N1CCS(=O)CC1. The van der Waals surface area contributed by atoms with Gasteiger partial charge in [-0.25, -0.2) is 0 Å². The Labute approximate surface area is 106 Å². The van der Waals surface area contributed by atoms with Crippen molar-refractivity contribution in [3.63, 3.8) is 0 Å². The van der Waals surface area contributed by atoms with Gasteiger partial charge in [-0.3, -0.25) is 4.21 Å². The third-order valence-corrected chi connectivity index (χ3v) is 4.63. The standard InChI is InChI=1S/C13H20N2OS/c1-11(14-2)12-5-3-4-6-13(12)15-7-9-17(16)10-8-15/h3-6,11,14H,7-10H2,1-2H3. The Hall–Kier alpha value is -0.870. The Morgan fingerprint density at radius 1 is 1.29 bits per heavy atom. The molecule has 0 spiro atoms. The molecule has 0 aromatic heterocycles. The van der Waals surface area contributed by atoms with Crippen LogP contribution in [-0.4, -0.2) is 35.9 Å². The van der Waals surface area contributed by atoms with Crippen LogP contribution in [0.15, 0.2) is 24.3 Å². The van der Waals surface area contributed by atoms with E-state index in [-0.39, 0.29) is 0 Å². The van der Waals surface area contributed by atoms with Crippen LogP contribution in [0.3, 0.4) is 0 Å². The van der Waals surface area contributed by atoms with Gasteiger partial charge >= 0.3 is 0 Å². The molecular formula is C13H20N2OS. The van der Waals surface area contributed by atoms with E-state index in [1.54, 1.807) is 0 Å². The molecule has 1 aliphatic rings. The molecule has 1 heterocycles. The zero-order chi connectivity index (χ0) is 12.3. The number of rotatable bonds is 3. The van der Waals surface area contributed by atoms with Gasteiger partial charge in [-0.15, -0.1) is 0 Å². The van der Waals surface area contributed by atoms with E-state index >= 15 is 0 Å². The summed E-state index contributed by atoms with van der Waals surface area (Å²) in [5.74, 6) is 1.59. The summed E-state index contributed by atoms with van der Waals surface area (Å²) in [5.41, 5.74) is 2.61. The van der Waals surface area contributed by atoms with Crippen LogP contribution in [-0.2, 0) is 10.8 Å². The van der Waals surface area contributed by atoms with Gasteiger partial charge in [-0.2, -0.15) is 0 Å². The largest absolute Gasteiger partial charge is 0.369 e. The molecule has 3 nitrogen and oxygen atoms in total. The van der Waals surface area contributed by atoms with Gasteiger partial charge in [-0.1, -0.05) is 18.2 Å². The molecule has 1 aromatic carbocycles. The van der Waals surface area contributed by atoms with Crippen molar-refractivity contribution in [1.82, 2.24) is 5.32 Å². The zero-order valence-electron chi connectivity index (χ0n) is 10.5. The molecule has 2 rings (SSSR count). The van der Waals surface area contributed by atoms with Crippen molar-refractivity contribution in [2.75, 3.05) is 36.5 Å². The molecule has 1 N–H and O–H groups in total. The van der Waals surface area contributed by atoms with Crippen molar-refractivity contribution in [2.45, 2.75) is 13.0 Å². The van der Waals surface area contributed by atoms with Crippen molar-refractivity contribution in [3.05, 3.63) is 29.8 Å². The first-order valence-electron chi connectivity index (χ1n) is 6.08. The van der Waals surface area contributed by atoms with Crippen molar-refractivity contribution < 1.29 is 4.21 Å². The third kappa shape index (κ3) is 2.87. The minimum Gasteiger partial charge on any atom is -0.369 e. The van der Waals surface area contributed by atoms with Crippen LogP contribution in [0.1, 0.15) is 18.5 Å². The van der Waals surface area contributed by atoms with Gasteiger partial charge < -0.3 is 10.2 Å². The lowest BCUT2D eigenvalue weighted by molar-refractivity contribution is 0.645. The van der Waals surface area contributed by atoms with Crippen LogP contribution in [0.4, 0.5) is 5.69 Å². The molecule has 4 heteroatoms. The highest BCUT2D eigenvalue weighted by Crippen LogP contribution is 2.26. The van der Waals surface area contributed by atoms with Crippen LogP contribution < -0.4 is 10.2 Å².